The minimum atomic E-state index is 0.657. The number of fused-ring (bicyclic) bond motifs is 3. The van der Waals surface area contributed by atoms with Gasteiger partial charge in [-0.25, -0.2) is 0 Å². The normalized spacial score (nSPS) is 11.1. The number of rotatable bonds is 7. The number of para-hydroxylation sites is 1. The fourth-order valence-electron chi connectivity index (χ4n) is 3.24. The van der Waals surface area contributed by atoms with Crippen LogP contribution in [0.3, 0.4) is 0 Å². The number of hydrogen-bond donors (Lipinski definition) is 1. The average molecular weight is 305 g/mol. The lowest BCUT2D eigenvalue weighted by molar-refractivity contribution is 0.629. The van der Waals surface area contributed by atoms with E-state index in [4.69, 9.17) is 5.26 Å². The SMILES string of the molecule is CCn1c2ccccc2c2cc(CNCCCCC#N)ccc21. The standard InChI is InChI=1S/C20H23N3/c1-2-23-19-9-5-4-8-17(19)18-14-16(10-11-20(18)23)15-22-13-7-3-6-12-21/h4-5,8-11,14,22H,2-3,6-7,13,15H2,1H3. The van der Waals surface area contributed by atoms with Gasteiger partial charge in [-0.1, -0.05) is 24.3 Å². The molecule has 0 spiro atoms. The highest BCUT2D eigenvalue weighted by atomic mass is 15.0. The first-order valence-corrected chi connectivity index (χ1v) is 8.42. The van der Waals surface area contributed by atoms with E-state index in [0.29, 0.717) is 6.42 Å². The summed E-state index contributed by atoms with van der Waals surface area (Å²) >= 11 is 0. The van der Waals surface area contributed by atoms with E-state index >= 15 is 0 Å². The first kappa shape index (κ1) is 15.6. The minimum absolute atomic E-state index is 0.657. The molecule has 0 amide bonds. The van der Waals surface area contributed by atoms with Crippen LogP contribution in [0.5, 0.6) is 0 Å². The lowest BCUT2D eigenvalue weighted by atomic mass is 10.1. The first-order valence-electron chi connectivity index (χ1n) is 8.42. The molecule has 2 aromatic carbocycles. The molecule has 0 radical (unpaired) electrons. The van der Waals surface area contributed by atoms with Gasteiger partial charge < -0.3 is 9.88 Å². The molecule has 0 fully saturated rings. The highest BCUT2D eigenvalue weighted by molar-refractivity contribution is 6.08. The van der Waals surface area contributed by atoms with Gasteiger partial charge in [0.25, 0.3) is 0 Å². The zero-order valence-electron chi connectivity index (χ0n) is 13.7. The van der Waals surface area contributed by atoms with Gasteiger partial charge in [0.1, 0.15) is 0 Å². The lowest BCUT2D eigenvalue weighted by Crippen LogP contribution is -2.14. The third-order valence-electron chi connectivity index (χ3n) is 4.37. The molecular formula is C20H23N3. The van der Waals surface area contributed by atoms with Gasteiger partial charge in [-0.3, -0.25) is 0 Å². The summed E-state index contributed by atoms with van der Waals surface area (Å²) in [7, 11) is 0. The van der Waals surface area contributed by atoms with Gasteiger partial charge in [-0.05, 0) is 50.1 Å². The second kappa shape index (κ2) is 7.30. The van der Waals surface area contributed by atoms with Crippen LogP contribution < -0.4 is 5.32 Å². The molecule has 3 nitrogen and oxygen atoms in total. The predicted molar refractivity (Wildman–Crippen MR) is 96.3 cm³/mol. The van der Waals surface area contributed by atoms with Gasteiger partial charge in [0.15, 0.2) is 0 Å². The van der Waals surface area contributed by atoms with Gasteiger partial charge in [-0.2, -0.15) is 5.26 Å². The van der Waals surface area contributed by atoms with E-state index in [0.717, 1.165) is 32.5 Å². The van der Waals surface area contributed by atoms with E-state index < -0.39 is 0 Å². The maximum Gasteiger partial charge on any atom is 0.0621 e. The molecule has 0 aliphatic heterocycles. The Morgan fingerprint density at radius 2 is 1.87 bits per heavy atom. The second-order valence-corrected chi connectivity index (χ2v) is 5.90. The quantitative estimate of drug-likeness (QED) is 0.648. The summed E-state index contributed by atoms with van der Waals surface area (Å²) in [5.41, 5.74) is 3.94. The number of benzene rings is 2. The molecule has 3 heteroatoms. The van der Waals surface area contributed by atoms with Gasteiger partial charge in [0, 0.05) is 41.3 Å². The van der Waals surface area contributed by atoms with Crippen molar-refractivity contribution in [2.75, 3.05) is 6.54 Å². The summed E-state index contributed by atoms with van der Waals surface area (Å²) < 4.78 is 2.38. The third-order valence-corrected chi connectivity index (χ3v) is 4.37. The molecule has 3 rings (SSSR count). The molecule has 0 aliphatic carbocycles. The Hall–Kier alpha value is -2.31. The summed E-state index contributed by atoms with van der Waals surface area (Å²) in [6.45, 7) is 5.04. The molecule has 3 aromatic rings. The smallest absolute Gasteiger partial charge is 0.0621 e. The highest BCUT2D eigenvalue weighted by Gasteiger charge is 2.09. The number of nitrogens with zero attached hydrogens (tertiary/aromatic N) is 2. The van der Waals surface area contributed by atoms with E-state index in [-0.39, 0.29) is 0 Å². The molecule has 0 atom stereocenters. The number of aryl methyl sites for hydroxylation is 1. The van der Waals surface area contributed by atoms with Crippen molar-refractivity contribution in [3.8, 4) is 6.07 Å². The zero-order chi connectivity index (χ0) is 16.1. The fraction of sp³-hybridized carbons (Fsp3) is 0.350. The summed E-state index contributed by atoms with van der Waals surface area (Å²) in [6.07, 6.45) is 2.70. The summed E-state index contributed by atoms with van der Waals surface area (Å²) in [4.78, 5) is 0. The highest BCUT2D eigenvalue weighted by Crippen LogP contribution is 2.29. The van der Waals surface area contributed by atoms with Gasteiger partial charge in [-0.15, -0.1) is 0 Å². The van der Waals surface area contributed by atoms with Crippen molar-refractivity contribution in [2.24, 2.45) is 0 Å². The molecule has 23 heavy (non-hydrogen) atoms. The molecular weight excluding hydrogens is 282 g/mol. The lowest BCUT2D eigenvalue weighted by Gasteiger charge is -2.06. The van der Waals surface area contributed by atoms with Crippen molar-refractivity contribution in [3.63, 3.8) is 0 Å². The molecule has 1 N–H and O–H groups in total. The van der Waals surface area contributed by atoms with Crippen LogP contribution in [-0.4, -0.2) is 11.1 Å². The fourth-order valence-corrected chi connectivity index (χ4v) is 3.24. The maximum atomic E-state index is 8.54. The number of aromatic nitrogens is 1. The summed E-state index contributed by atoms with van der Waals surface area (Å²) in [5.74, 6) is 0. The van der Waals surface area contributed by atoms with Crippen molar-refractivity contribution >= 4 is 21.8 Å². The molecule has 0 saturated heterocycles. The van der Waals surface area contributed by atoms with Crippen LogP contribution in [0.25, 0.3) is 21.8 Å². The van der Waals surface area contributed by atoms with Crippen LogP contribution in [0, 0.1) is 11.3 Å². The van der Waals surface area contributed by atoms with Crippen LogP contribution in [0.15, 0.2) is 42.5 Å². The third kappa shape index (κ3) is 3.23. The number of nitriles is 1. The van der Waals surface area contributed by atoms with E-state index in [1.165, 1.54) is 27.4 Å². The Morgan fingerprint density at radius 3 is 2.70 bits per heavy atom. The topological polar surface area (TPSA) is 40.8 Å². The molecule has 0 bridgehead atoms. The Labute approximate surface area is 137 Å². The number of nitrogens with one attached hydrogen (secondary N) is 1. The van der Waals surface area contributed by atoms with Crippen LogP contribution >= 0.6 is 0 Å². The van der Waals surface area contributed by atoms with Crippen LogP contribution in [0.1, 0.15) is 31.7 Å². The number of hydrogen-bond acceptors (Lipinski definition) is 2. The molecule has 1 aromatic heterocycles. The Kier molecular flexibility index (Phi) is 4.95. The van der Waals surface area contributed by atoms with Crippen molar-refractivity contribution in [1.82, 2.24) is 9.88 Å². The average Bonchev–Trinajstić information content (AvgIpc) is 2.91. The molecule has 118 valence electrons. The van der Waals surface area contributed by atoms with Crippen molar-refractivity contribution in [1.29, 1.82) is 5.26 Å². The summed E-state index contributed by atoms with van der Waals surface area (Å²) in [5, 5.41) is 14.7. The largest absolute Gasteiger partial charge is 0.341 e. The van der Waals surface area contributed by atoms with Crippen LogP contribution in [-0.2, 0) is 13.1 Å². The van der Waals surface area contributed by atoms with E-state index in [1.807, 2.05) is 0 Å². The van der Waals surface area contributed by atoms with E-state index in [9.17, 15) is 0 Å². The molecule has 0 saturated carbocycles. The maximum absolute atomic E-state index is 8.54. The van der Waals surface area contributed by atoms with Crippen LogP contribution in [0.4, 0.5) is 0 Å². The second-order valence-electron chi connectivity index (χ2n) is 5.90. The van der Waals surface area contributed by atoms with Gasteiger partial charge in [0.2, 0.25) is 0 Å². The van der Waals surface area contributed by atoms with E-state index in [2.05, 4.69) is 65.3 Å². The molecule has 0 unspecified atom stereocenters. The summed E-state index contributed by atoms with van der Waals surface area (Å²) in [6, 6.07) is 17.6. The monoisotopic (exact) mass is 305 g/mol. The molecule has 1 heterocycles. The predicted octanol–water partition coefficient (Wildman–Crippen LogP) is 4.60. The number of unbranched alkanes of at least 4 members (excludes halogenated alkanes) is 2. The zero-order valence-corrected chi connectivity index (χ0v) is 13.7. The Balaban J connectivity index is 1.79. The van der Waals surface area contributed by atoms with Crippen LogP contribution in [0.2, 0.25) is 0 Å². The van der Waals surface area contributed by atoms with E-state index in [1.54, 1.807) is 0 Å². The van der Waals surface area contributed by atoms with Crippen molar-refractivity contribution < 1.29 is 0 Å². The Morgan fingerprint density at radius 1 is 1.04 bits per heavy atom. The van der Waals surface area contributed by atoms with Crippen molar-refractivity contribution in [3.05, 3.63) is 48.0 Å². The minimum Gasteiger partial charge on any atom is -0.341 e. The van der Waals surface area contributed by atoms with Crippen molar-refractivity contribution in [2.45, 2.75) is 39.3 Å². The first-order chi connectivity index (χ1) is 11.3. The van der Waals surface area contributed by atoms with Gasteiger partial charge >= 0.3 is 0 Å². The van der Waals surface area contributed by atoms with Gasteiger partial charge in [0.05, 0.1) is 6.07 Å². The molecule has 0 aliphatic rings. The Bertz CT molecular complexity index is 839.